The van der Waals surface area contributed by atoms with Gasteiger partial charge in [-0.15, -0.1) is 0 Å². The van der Waals surface area contributed by atoms with Gasteiger partial charge in [-0.25, -0.2) is 0 Å². The molecule has 1 heterocycles. The molecule has 1 heteroatoms. The van der Waals surface area contributed by atoms with Gasteiger partial charge in [0, 0.05) is 28.7 Å². The largest absolute Gasteiger partial charge is 0.343 e. The maximum Gasteiger partial charge on any atom is 0.0568 e. The molecule has 4 aromatic rings. The molecule has 1 aliphatic rings. The molecule has 1 aliphatic carbocycles. The van der Waals surface area contributed by atoms with E-state index in [-0.39, 0.29) is 0 Å². The van der Waals surface area contributed by atoms with Crippen LogP contribution in [0, 0.1) is 0 Å². The van der Waals surface area contributed by atoms with Crippen molar-refractivity contribution in [3.05, 3.63) is 65.7 Å². The van der Waals surface area contributed by atoms with E-state index in [1.54, 1.807) is 0 Å². The molecule has 106 valence electrons. The maximum atomic E-state index is 2.39. The minimum atomic E-state index is 1.16. The predicted molar refractivity (Wildman–Crippen MR) is 95.3 cm³/mol. The highest BCUT2D eigenvalue weighted by atomic mass is 14.9. The van der Waals surface area contributed by atoms with E-state index < -0.39 is 0 Å². The molecule has 0 amide bonds. The van der Waals surface area contributed by atoms with E-state index in [1.165, 1.54) is 43.7 Å². The summed E-state index contributed by atoms with van der Waals surface area (Å²) in [5.74, 6) is 0. The Bertz CT molecular complexity index is 1080. The van der Waals surface area contributed by atoms with Crippen molar-refractivity contribution in [1.29, 1.82) is 0 Å². The summed E-state index contributed by atoms with van der Waals surface area (Å²) in [6, 6.07) is 18.0. The zero-order valence-corrected chi connectivity index (χ0v) is 12.6. The topological polar surface area (TPSA) is 4.93 Å². The fourth-order valence-electron chi connectivity index (χ4n) is 3.92. The lowest BCUT2D eigenvalue weighted by Gasteiger charge is -2.11. The number of aryl methyl sites for hydroxylation is 2. The third-order valence-corrected chi connectivity index (χ3v) is 5.02. The lowest BCUT2D eigenvalue weighted by molar-refractivity contribution is 0.977. The van der Waals surface area contributed by atoms with Gasteiger partial charge in [-0.1, -0.05) is 48.6 Å². The minimum absolute atomic E-state index is 1.16. The Hall–Kier alpha value is -2.54. The Morgan fingerprint density at radius 3 is 2.77 bits per heavy atom. The summed E-state index contributed by atoms with van der Waals surface area (Å²) < 4.78 is 2.37. The Morgan fingerprint density at radius 2 is 1.82 bits per heavy atom. The smallest absolute Gasteiger partial charge is 0.0568 e. The molecule has 0 saturated carbocycles. The molecule has 3 aromatic carbocycles. The van der Waals surface area contributed by atoms with Gasteiger partial charge in [0.2, 0.25) is 0 Å². The number of hydrogen-bond acceptors (Lipinski definition) is 0. The molecule has 5 rings (SSSR count). The van der Waals surface area contributed by atoms with Crippen molar-refractivity contribution in [2.24, 2.45) is 7.05 Å². The number of fused-ring (bicyclic) bond motifs is 6. The molecule has 1 aromatic heterocycles. The highest BCUT2D eigenvalue weighted by Crippen LogP contribution is 2.36. The Balaban J connectivity index is 2.02. The second-order valence-corrected chi connectivity index (χ2v) is 6.25. The van der Waals surface area contributed by atoms with Crippen molar-refractivity contribution in [3.63, 3.8) is 0 Å². The fourth-order valence-corrected chi connectivity index (χ4v) is 3.92. The second kappa shape index (κ2) is 4.23. The first kappa shape index (κ1) is 12.0. The van der Waals surface area contributed by atoms with Gasteiger partial charge in [-0.2, -0.15) is 0 Å². The van der Waals surface area contributed by atoms with Gasteiger partial charge in [-0.3, -0.25) is 0 Å². The van der Waals surface area contributed by atoms with E-state index in [9.17, 15) is 0 Å². The van der Waals surface area contributed by atoms with Crippen LogP contribution in [0.2, 0.25) is 0 Å². The summed E-state index contributed by atoms with van der Waals surface area (Å²) in [6.45, 7) is 0. The summed E-state index contributed by atoms with van der Waals surface area (Å²) in [5, 5.41) is 5.38. The van der Waals surface area contributed by atoms with Crippen molar-refractivity contribution >= 4 is 38.7 Å². The van der Waals surface area contributed by atoms with E-state index >= 15 is 0 Å². The van der Waals surface area contributed by atoms with E-state index in [1.807, 2.05) is 0 Å². The molecule has 0 unspecified atom stereocenters. The highest BCUT2D eigenvalue weighted by Gasteiger charge is 2.14. The molecular weight excluding hydrogens is 266 g/mol. The Kier molecular flexibility index (Phi) is 2.32. The number of hydrogen-bond donors (Lipinski definition) is 0. The molecule has 0 bridgehead atoms. The van der Waals surface area contributed by atoms with Gasteiger partial charge in [0.15, 0.2) is 0 Å². The quantitative estimate of drug-likeness (QED) is 0.405. The normalized spacial score (nSPS) is 14.0. The maximum absolute atomic E-state index is 2.39. The fraction of sp³-hybridized carbons (Fsp3) is 0.143. The summed E-state index contributed by atoms with van der Waals surface area (Å²) in [5.41, 5.74) is 5.56. The predicted octanol–water partition coefficient (Wildman–Crippen LogP) is 5.44. The summed E-state index contributed by atoms with van der Waals surface area (Å²) in [6.07, 6.45) is 6.88. The van der Waals surface area contributed by atoms with Crippen molar-refractivity contribution in [2.45, 2.75) is 12.8 Å². The molecule has 1 nitrogen and oxygen atoms in total. The van der Waals surface area contributed by atoms with Crippen LogP contribution >= 0.6 is 0 Å². The molecule has 0 saturated heterocycles. The average Bonchev–Trinajstić information content (AvgIpc) is 2.85. The first-order valence-corrected chi connectivity index (χ1v) is 7.92. The van der Waals surface area contributed by atoms with Crippen LogP contribution in [0.5, 0.6) is 0 Å². The van der Waals surface area contributed by atoms with E-state index in [0.717, 1.165) is 12.8 Å². The average molecular weight is 283 g/mol. The summed E-state index contributed by atoms with van der Waals surface area (Å²) in [4.78, 5) is 0. The summed E-state index contributed by atoms with van der Waals surface area (Å²) in [7, 11) is 2.20. The molecule has 0 atom stereocenters. The third-order valence-electron chi connectivity index (χ3n) is 5.02. The number of benzene rings is 3. The van der Waals surface area contributed by atoms with Crippen LogP contribution in [0.15, 0.2) is 54.6 Å². The van der Waals surface area contributed by atoms with Crippen molar-refractivity contribution in [3.8, 4) is 0 Å². The number of rotatable bonds is 0. The van der Waals surface area contributed by atoms with Crippen LogP contribution in [0.25, 0.3) is 38.7 Å². The van der Waals surface area contributed by atoms with Crippen LogP contribution in [-0.4, -0.2) is 4.57 Å². The van der Waals surface area contributed by atoms with Gasteiger partial charge < -0.3 is 4.57 Å². The number of aromatic nitrogens is 1. The number of nitrogens with zero attached hydrogens (tertiary/aromatic N) is 1. The van der Waals surface area contributed by atoms with E-state index in [4.69, 9.17) is 0 Å². The minimum Gasteiger partial charge on any atom is -0.343 e. The summed E-state index contributed by atoms with van der Waals surface area (Å²) >= 11 is 0. The van der Waals surface area contributed by atoms with Gasteiger partial charge in [-0.05, 0) is 41.5 Å². The van der Waals surface area contributed by atoms with Crippen LogP contribution in [0.3, 0.4) is 0 Å². The molecular formula is C21H17N. The SMILES string of the molecule is Cn1c2cc3c(cc2c2ccc4ccccc4c21)C=CCC3. The van der Waals surface area contributed by atoms with Gasteiger partial charge in [0.05, 0.1) is 5.52 Å². The first-order valence-electron chi connectivity index (χ1n) is 7.92. The molecule has 0 spiro atoms. The van der Waals surface area contributed by atoms with E-state index in [2.05, 4.69) is 72.3 Å². The second-order valence-electron chi connectivity index (χ2n) is 6.25. The van der Waals surface area contributed by atoms with Gasteiger partial charge in [0.25, 0.3) is 0 Å². The monoisotopic (exact) mass is 283 g/mol. The van der Waals surface area contributed by atoms with E-state index in [0.29, 0.717) is 0 Å². The van der Waals surface area contributed by atoms with Crippen molar-refractivity contribution < 1.29 is 0 Å². The zero-order valence-electron chi connectivity index (χ0n) is 12.6. The molecule has 22 heavy (non-hydrogen) atoms. The first-order chi connectivity index (χ1) is 10.8. The highest BCUT2D eigenvalue weighted by molar-refractivity contribution is 6.18. The van der Waals surface area contributed by atoms with Crippen LogP contribution in [0.4, 0.5) is 0 Å². The van der Waals surface area contributed by atoms with Crippen LogP contribution in [0.1, 0.15) is 17.5 Å². The molecule has 0 N–H and O–H groups in total. The Labute approximate surface area is 129 Å². The molecule has 0 radical (unpaired) electrons. The number of allylic oxidation sites excluding steroid dienone is 1. The lowest BCUT2D eigenvalue weighted by atomic mass is 9.95. The van der Waals surface area contributed by atoms with Crippen molar-refractivity contribution in [1.82, 2.24) is 4.57 Å². The lowest BCUT2D eigenvalue weighted by Crippen LogP contribution is -1.95. The third kappa shape index (κ3) is 1.48. The standard InChI is InChI=1S/C21H17N/c1-22-20-13-16-8-3-2-7-15(16)12-19(20)18-11-10-14-6-4-5-9-17(14)21(18)22/h2,4-7,9-13H,3,8H2,1H3. The van der Waals surface area contributed by atoms with Crippen LogP contribution < -0.4 is 0 Å². The Morgan fingerprint density at radius 1 is 0.909 bits per heavy atom. The van der Waals surface area contributed by atoms with Crippen LogP contribution in [-0.2, 0) is 13.5 Å². The van der Waals surface area contributed by atoms with Gasteiger partial charge in [0.1, 0.15) is 0 Å². The molecule has 0 aliphatic heterocycles. The molecule has 0 fully saturated rings. The van der Waals surface area contributed by atoms with Crippen molar-refractivity contribution in [2.75, 3.05) is 0 Å². The van der Waals surface area contributed by atoms with Gasteiger partial charge >= 0.3 is 0 Å². The zero-order chi connectivity index (χ0) is 14.7.